The molecule has 0 amide bonds. The normalized spacial score (nSPS) is 17.2. The van der Waals surface area contributed by atoms with Crippen LogP contribution in [0.4, 0.5) is 0 Å². The maximum Gasteiger partial charge on any atom is 0.242 e. The van der Waals surface area contributed by atoms with Gasteiger partial charge in [0.05, 0.1) is 12.1 Å². The highest BCUT2D eigenvalue weighted by atomic mass is 35.5. The van der Waals surface area contributed by atoms with Crippen molar-refractivity contribution in [3.8, 4) is 5.75 Å². The van der Waals surface area contributed by atoms with Crippen LogP contribution in [0, 0.1) is 0 Å². The number of sulfonamides is 1. The molecule has 1 saturated heterocycles. The zero-order valence-electron chi connectivity index (χ0n) is 14.7. The largest absolute Gasteiger partial charge is 0.497 e. The highest BCUT2D eigenvalue weighted by molar-refractivity contribution is 7.89. The molecule has 3 rings (SSSR count). The molecule has 1 aliphatic heterocycles. The highest BCUT2D eigenvalue weighted by Gasteiger charge is 2.26. The molecule has 1 aliphatic rings. The minimum absolute atomic E-state index is 0.0355. The summed E-state index contributed by atoms with van der Waals surface area (Å²) in [7, 11) is -2.19. The van der Waals surface area contributed by atoms with Crippen LogP contribution < -0.4 is 9.46 Å². The summed E-state index contributed by atoms with van der Waals surface area (Å²) in [5.74, 6) is 0.526. The van der Waals surface area contributed by atoms with Crippen molar-refractivity contribution >= 4 is 33.0 Å². The minimum atomic E-state index is -3.70. The number of piperidine rings is 1. The van der Waals surface area contributed by atoms with Gasteiger partial charge in [0.25, 0.3) is 0 Å². The van der Waals surface area contributed by atoms with Gasteiger partial charge in [0.15, 0.2) is 0 Å². The Morgan fingerprint density at radius 3 is 2.65 bits per heavy atom. The zero-order chi connectivity index (χ0) is 18.6. The Morgan fingerprint density at radius 1 is 1.27 bits per heavy atom. The van der Waals surface area contributed by atoms with Gasteiger partial charge < -0.3 is 4.74 Å². The molecule has 2 aromatic rings. The molecule has 0 bridgehead atoms. The average molecular weight is 415 g/mol. The standard InChI is InChI=1S/C18H23ClN2O3S2/c1-24-15-5-6-18(16(19)11-15)26(22,23)20-12-17(14-7-10-25-13-14)21-8-3-2-4-9-21/h5-7,10-11,13,17,20H,2-4,8-9,12H2,1H3. The summed E-state index contributed by atoms with van der Waals surface area (Å²) >= 11 is 7.78. The van der Waals surface area contributed by atoms with Crippen LogP contribution in [0.5, 0.6) is 5.75 Å². The molecular formula is C18H23ClN2O3S2. The molecule has 5 nitrogen and oxygen atoms in total. The first-order chi connectivity index (χ1) is 12.5. The van der Waals surface area contributed by atoms with Crippen LogP contribution in [-0.2, 0) is 10.0 Å². The maximum atomic E-state index is 12.8. The van der Waals surface area contributed by atoms with Gasteiger partial charge in [-0.1, -0.05) is 18.0 Å². The second kappa shape index (κ2) is 8.71. The summed E-state index contributed by atoms with van der Waals surface area (Å²) in [4.78, 5) is 2.44. The number of hydrogen-bond donors (Lipinski definition) is 1. The second-order valence-corrected chi connectivity index (χ2v) is 9.24. The van der Waals surface area contributed by atoms with Crippen LogP contribution >= 0.6 is 22.9 Å². The fourth-order valence-corrected chi connectivity index (χ4v) is 5.52. The molecular weight excluding hydrogens is 392 g/mol. The van der Waals surface area contributed by atoms with Crippen LogP contribution in [0.1, 0.15) is 30.9 Å². The SMILES string of the molecule is COc1ccc(S(=O)(=O)NCC(c2ccsc2)N2CCCCC2)c(Cl)c1. The maximum absolute atomic E-state index is 12.8. The Hall–Kier alpha value is -1.12. The summed E-state index contributed by atoms with van der Waals surface area (Å²) in [5.41, 5.74) is 1.15. The molecule has 1 atom stereocenters. The van der Waals surface area contributed by atoms with Gasteiger partial charge in [-0.3, -0.25) is 4.90 Å². The van der Waals surface area contributed by atoms with Gasteiger partial charge in [-0.25, -0.2) is 13.1 Å². The predicted molar refractivity (Wildman–Crippen MR) is 106 cm³/mol. The van der Waals surface area contributed by atoms with Crippen molar-refractivity contribution < 1.29 is 13.2 Å². The van der Waals surface area contributed by atoms with E-state index in [0.717, 1.165) is 31.5 Å². The van der Waals surface area contributed by atoms with E-state index in [1.165, 1.54) is 25.7 Å². The fraction of sp³-hybridized carbons (Fsp3) is 0.444. The van der Waals surface area contributed by atoms with Crippen LogP contribution in [0.3, 0.4) is 0 Å². The molecule has 0 radical (unpaired) electrons. The lowest BCUT2D eigenvalue weighted by Crippen LogP contribution is -2.40. The summed E-state index contributed by atoms with van der Waals surface area (Å²) < 4.78 is 33.3. The third-order valence-electron chi connectivity index (χ3n) is 4.65. The van der Waals surface area contributed by atoms with Gasteiger partial charge in [0, 0.05) is 18.7 Å². The molecule has 0 saturated carbocycles. The lowest BCUT2D eigenvalue weighted by molar-refractivity contribution is 0.165. The minimum Gasteiger partial charge on any atom is -0.497 e. The summed E-state index contributed by atoms with van der Waals surface area (Å²) in [6, 6.07) is 6.69. The molecule has 1 aromatic heterocycles. The third kappa shape index (κ3) is 4.58. The first kappa shape index (κ1) is 19.6. The van der Waals surface area contributed by atoms with Crippen molar-refractivity contribution in [1.82, 2.24) is 9.62 Å². The van der Waals surface area contributed by atoms with Gasteiger partial charge in [-0.05, 0) is 60.5 Å². The molecule has 1 N–H and O–H groups in total. The number of hydrogen-bond acceptors (Lipinski definition) is 5. The van der Waals surface area contributed by atoms with Crippen molar-refractivity contribution in [2.45, 2.75) is 30.2 Å². The second-order valence-electron chi connectivity index (χ2n) is 6.32. The van der Waals surface area contributed by atoms with Crippen LogP contribution in [-0.4, -0.2) is 40.1 Å². The monoisotopic (exact) mass is 414 g/mol. The fourth-order valence-electron chi connectivity index (χ4n) is 3.25. The number of halogens is 1. The lowest BCUT2D eigenvalue weighted by Gasteiger charge is -2.34. The van der Waals surface area contributed by atoms with Gasteiger partial charge in [-0.2, -0.15) is 11.3 Å². The Morgan fingerprint density at radius 2 is 2.04 bits per heavy atom. The van der Waals surface area contributed by atoms with Crippen LogP contribution in [0.2, 0.25) is 5.02 Å². The molecule has 0 aliphatic carbocycles. The van der Waals surface area contributed by atoms with Gasteiger partial charge in [0.1, 0.15) is 10.6 Å². The topological polar surface area (TPSA) is 58.6 Å². The predicted octanol–water partition coefficient (Wildman–Crippen LogP) is 3.92. The number of thiophene rings is 1. The van der Waals surface area contributed by atoms with E-state index in [9.17, 15) is 8.42 Å². The molecule has 1 unspecified atom stereocenters. The molecule has 26 heavy (non-hydrogen) atoms. The summed E-state index contributed by atoms with van der Waals surface area (Å²) in [6.07, 6.45) is 3.54. The molecule has 8 heteroatoms. The Balaban J connectivity index is 1.77. The number of nitrogens with one attached hydrogen (secondary N) is 1. The molecule has 0 spiro atoms. The lowest BCUT2D eigenvalue weighted by atomic mass is 10.0. The zero-order valence-corrected chi connectivity index (χ0v) is 17.0. The quantitative estimate of drug-likeness (QED) is 0.746. The van der Waals surface area contributed by atoms with E-state index in [0.29, 0.717) is 12.3 Å². The Kier molecular flexibility index (Phi) is 6.58. The van der Waals surface area contributed by atoms with E-state index >= 15 is 0 Å². The highest BCUT2D eigenvalue weighted by Crippen LogP contribution is 2.28. The van der Waals surface area contributed by atoms with Gasteiger partial charge >= 0.3 is 0 Å². The van der Waals surface area contributed by atoms with Crippen LogP contribution in [0.25, 0.3) is 0 Å². The van der Waals surface area contributed by atoms with E-state index in [4.69, 9.17) is 16.3 Å². The number of methoxy groups -OCH3 is 1. The Labute approximate surface area is 164 Å². The molecule has 142 valence electrons. The first-order valence-corrected chi connectivity index (χ1v) is 11.4. The molecule has 2 heterocycles. The number of nitrogens with zero attached hydrogens (tertiary/aromatic N) is 1. The Bertz CT molecular complexity index is 819. The first-order valence-electron chi connectivity index (χ1n) is 8.60. The smallest absolute Gasteiger partial charge is 0.242 e. The number of likely N-dealkylation sites (tertiary alicyclic amines) is 1. The number of rotatable bonds is 7. The average Bonchev–Trinajstić information content (AvgIpc) is 3.16. The number of benzene rings is 1. The van der Waals surface area contributed by atoms with Crippen LogP contribution in [0.15, 0.2) is 39.9 Å². The van der Waals surface area contributed by atoms with Crippen molar-refractivity contribution in [3.63, 3.8) is 0 Å². The summed E-state index contributed by atoms with van der Waals surface area (Å²) in [5, 5.41) is 4.27. The van der Waals surface area contributed by atoms with Crippen molar-refractivity contribution in [1.29, 1.82) is 0 Å². The van der Waals surface area contributed by atoms with Gasteiger partial charge in [-0.15, -0.1) is 0 Å². The summed E-state index contributed by atoms with van der Waals surface area (Å²) in [6.45, 7) is 2.30. The third-order valence-corrected chi connectivity index (χ3v) is 7.26. The van der Waals surface area contributed by atoms with Crippen molar-refractivity contribution in [2.75, 3.05) is 26.7 Å². The van der Waals surface area contributed by atoms with Gasteiger partial charge in [0.2, 0.25) is 10.0 Å². The van der Waals surface area contributed by atoms with Crippen molar-refractivity contribution in [2.24, 2.45) is 0 Å². The van der Waals surface area contributed by atoms with E-state index in [1.54, 1.807) is 17.4 Å². The van der Waals surface area contributed by atoms with E-state index in [2.05, 4.69) is 21.1 Å². The van der Waals surface area contributed by atoms with E-state index < -0.39 is 10.0 Å². The van der Waals surface area contributed by atoms with E-state index in [1.807, 2.05) is 5.38 Å². The van der Waals surface area contributed by atoms with E-state index in [-0.39, 0.29) is 16.0 Å². The molecule has 1 fully saturated rings. The molecule has 1 aromatic carbocycles. The van der Waals surface area contributed by atoms with Crippen molar-refractivity contribution in [3.05, 3.63) is 45.6 Å². The number of ether oxygens (including phenoxy) is 1.